The number of amides is 1. The van der Waals surface area contributed by atoms with E-state index in [1.54, 1.807) is 0 Å². The SMILES string of the molecule is CC(=O)C#CC1NCC2CCC1(c1ncnc3ccccc13)N2C(=O)O. The van der Waals surface area contributed by atoms with E-state index < -0.39 is 17.7 Å². The average Bonchev–Trinajstić information content (AvgIpc) is 2.92. The van der Waals surface area contributed by atoms with Gasteiger partial charge in [0.25, 0.3) is 0 Å². The lowest BCUT2D eigenvalue weighted by Gasteiger charge is -2.46. The van der Waals surface area contributed by atoms with Gasteiger partial charge in [-0.2, -0.15) is 0 Å². The van der Waals surface area contributed by atoms with Crippen LogP contribution in [0.25, 0.3) is 10.9 Å². The van der Waals surface area contributed by atoms with Gasteiger partial charge in [-0.15, -0.1) is 0 Å². The van der Waals surface area contributed by atoms with Crippen LogP contribution in [-0.2, 0) is 10.3 Å². The van der Waals surface area contributed by atoms with E-state index in [-0.39, 0.29) is 11.8 Å². The summed E-state index contributed by atoms with van der Waals surface area (Å²) in [5.74, 6) is 5.29. The van der Waals surface area contributed by atoms with Gasteiger partial charge < -0.3 is 5.11 Å². The number of hydrogen-bond acceptors (Lipinski definition) is 5. The second-order valence-electron chi connectivity index (χ2n) is 6.68. The van der Waals surface area contributed by atoms with Gasteiger partial charge in [0.05, 0.1) is 17.3 Å². The van der Waals surface area contributed by atoms with Crippen molar-refractivity contribution < 1.29 is 14.7 Å². The van der Waals surface area contributed by atoms with Crippen LogP contribution >= 0.6 is 0 Å². The second kappa shape index (κ2) is 6.07. The smallest absolute Gasteiger partial charge is 0.408 e. The minimum Gasteiger partial charge on any atom is -0.465 e. The van der Waals surface area contributed by atoms with Crippen molar-refractivity contribution in [2.45, 2.75) is 37.4 Å². The Kier molecular flexibility index (Phi) is 3.85. The molecule has 2 fully saturated rings. The van der Waals surface area contributed by atoms with E-state index in [4.69, 9.17) is 0 Å². The van der Waals surface area contributed by atoms with Crippen molar-refractivity contribution in [3.63, 3.8) is 0 Å². The Hall–Kier alpha value is -2.98. The van der Waals surface area contributed by atoms with Crippen molar-refractivity contribution in [3.8, 4) is 11.8 Å². The number of carboxylic acid groups (broad SMARTS) is 1. The second-order valence-corrected chi connectivity index (χ2v) is 6.68. The summed E-state index contributed by atoms with van der Waals surface area (Å²) in [5.41, 5.74) is 0.451. The predicted octanol–water partition coefficient (Wildman–Crippen LogP) is 1.53. The number of nitrogens with zero attached hydrogens (tertiary/aromatic N) is 3. The molecular weight excluding hydrogens is 332 g/mol. The highest BCUT2D eigenvalue weighted by molar-refractivity contribution is 5.93. The molecule has 3 heterocycles. The van der Waals surface area contributed by atoms with E-state index in [0.717, 1.165) is 17.3 Å². The van der Waals surface area contributed by atoms with E-state index in [1.165, 1.54) is 18.2 Å². The summed E-state index contributed by atoms with van der Waals surface area (Å²) in [6.45, 7) is 1.91. The molecule has 4 rings (SSSR count). The number of piperazine rings is 1. The number of ketones is 1. The van der Waals surface area contributed by atoms with Crippen molar-refractivity contribution in [1.29, 1.82) is 0 Å². The summed E-state index contributed by atoms with van der Waals surface area (Å²) >= 11 is 0. The van der Waals surface area contributed by atoms with Crippen molar-refractivity contribution in [1.82, 2.24) is 20.2 Å². The fourth-order valence-corrected chi connectivity index (χ4v) is 4.25. The Morgan fingerprint density at radius 3 is 2.92 bits per heavy atom. The molecular formula is C19H18N4O3. The minimum absolute atomic E-state index is 0.142. The van der Waals surface area contributed by atoms with Gasteiger partial charge in [-0.25, -0.2) is 14.8 Å². The van der Waals surface area contributed by atoms with Gasteiger partial charge in [-0.05, 0) is 24.8 Å². The fraction of sp³-hybridized carbons (Fsp3) is 0.368. The minimum atomic E-state index is -0.994. The highest BCUT2D eigenvalue weighted by Crippen LogP contribution is 2.48. The van der Waals surface area contributed by atoms with E-state index >= 15 is 0 Å². The lowest BCUT2D eigenvalue weighted by molar-refractivity contribution is -0.111. The third-order valence-corrected chi connectivity index (χ3v) is 5.24. The van der Waals surface area contributed by atoms with Crippen LogP contribution in [0.3, 0.4) is 0 Å². The molecule has 2 bridgehead atoms. The summed E-state index contributed by atoms with van der Waals surface area (Å²) in [5, 5.41) is 14.1. The molecule has 1 aromatic heterocycles. The monoisotopic (exact) mass is 350 g/mol. The molecule has 2 aliphatic rings. The zero-order valence-electron chi connectivity index (χ0n) is 14.3. The third-order valence-electron chi connectivity index (χ3n) is 5.24. The Morgan fingerprint density at radius 2 is 2.15 bits per heavy atom. The maximum absolute atomic E-state index is 12.2. The molecule has 132 valence electrons. The molecule has 2 aliphatic heterocycles. The first-order valence-corrected chi connectivity index (χ1v) is 8.52. The average molecular weight is 350 g/mol. The maximum Gasteiger partial charge on any atom is 0.408 e. The number of Topliss-reactive ketones (excluding diaryl/α,β-unsaturated/α-hetero) is 1. The quantitative estimate of drug-likeness (QED) is 0.598. The molecule has 0 saturated carbocycles. The van der Waals surface area contributed by atoms with Crippen molar-refractivity contribution in [2.75, 3.05) is 6.54 Å². The first-order chi connectivity index (χ1) is 12.5. The van der Waals surface area contributed by atoms with E-state index in [1.807, 2.05) is 24.3 Å². The molecule has 1 amide bonds. The van der Waals surface area contributed by atoms with Crippen molar-refractivity contribution in [2.24, 2.45) is 0 Å². The van der Waals surface area contributed by atoms with Gasteiger partial charge in [-0.3, -0.25) is 15.0 Å². The number of carbonyl (C=O) groups is 2. The summed E-state index contributed by atoms with van der Waals surface area (Å²) < 4.78 is 0. The molecule has 1 aromatic carbocycles. The third kappa shape index (κ3) is 2.34. The molecule has 2 aromatic rings. The summed E-state index contributed by atoms with van der Waals surface area (Å²) in [7, 11) is 0. The summed E-state index contributed by atoms with van der Waals surface area (Å²) in [6, 6.07) is 6.89. The Morgan fingerprint density at radius 1 is 1.35 bits per heavy atom. The van der Waals surface area contributed by atoms with Crippen LogP contribution in [0.15, 0.2) is 30.6 Å². The van der Waals surface area contributed by atoms with Gasteiger partial charge in [0.1, 0.15) is 11.9 Å². The summed E-state index contributed by atoms with van der Waals surface area (Å²) in [4.78, 5) is 33.8. The molecule has 0 spiro atoms. The molecule has 7 heteroatoms. The first kappa shape index (κ1) is 16.5. The Balaban J connectivity index is 1.98. The topological polar surface area (TPSA) is 95.4 Å². The molecule has 2 saturated heterocycles. The molecule has 3 atom stereocenters. The Labute approximate surface area is 150 Å². The predicted molar refractivity (Wildman–Crippen MR) is 94.3 cm³/mol. The van der Waals surface area contributed by atoms with Crippen molar-refractivity contribution in [3.05, 3.63) is 36.3 Å². The van der Waals surface area contributed by atoms with Crippen LogP contribution in [0.5, 0.6) is 0 Å². The number of aromatic nitrogens is 2. The van der Waals surface area contributed by atoms with Crippen LogP contribution in [-0.4, -0.2) is 50.5 Å². The van der Waals surface area contributed by atoms with Gasteiger partial charge >= 0.3 is 6.09 Å². The molecule has 26 heavy (non-hydrogen) atoms. The van der Waals surface area contributed by atoms with Gasteiger partial charge in [-0.1, -0.05) is 24.1 Å². The molecule has 0 radical (unpaired) electrons. The number of hydrogen-bond donors (Lipinski definition) is 2. The van der Waals surface area contributed by atoms with Crippen LogP contribution in [0, 0.1) is 11.8 Å². The molecule has 2 N–H and O–H groups in total. The van der Waals surface area contributed by atoms with Crippen LogP contribution in [0.2, 0.25) is 0 Å². The lowest BCUT2D eigenvalue weighted by atomic mass is 9.81. The van der Waals surface area contributed by atoms with E-state index in [0.29, 0.717) is 18.7 Å². The van der Waals surface area contributed by atoms with Crippen molar-refractivity contribution >= 4 is 22.8 Å². The maximum atomic E-state index is 12.2. The number of rotatable bonds is 1. The number of benzene rings is 1. The van der Waals surface area contributed by atoms with Crippen LogP contribution < -0.4 is 5.32 Å². The zero-order chi connectivity index (χ0) is 18.3. The van der Waals surface area contributed by atoms with Crippen LogP contribution in [0.4, 0.5) is 4.79 Å². The number of nitrogens with one attached hydrogen (secondary N) is 1. The summed E-state index contributed by atoms with van der Waals surface area (Å²) in [6.07, 6.45) is 1.78. The Bertz CT molecular complexity index is 959. The molecule has 0 aliphatic carbocycles. The normalized spacial score (nSPS) is 27.0. The lowest BCUT2D eigenvalue weighted by Crippen LogP contribution is -2.65. The van der Waals surface area contributed by atoms with Crippen LogP contribution in [0.1, 0.15) is 25.5 Å². The van der Waals surface area contributed by atoms with Gasteiger partial charge in [0.2, 0.25) is 5.78 Å². The molecule has 3 unspecified atom stereocenters. The molecule has 7 nitrogen and oxygen atoms in total. The first-order valence-electron chi connectivity index (χ1n) is 8.52. The zero-order valence-corrected chi connectivity index (χ0v) is 14.3. The largest absolute Gasteiger partial charge is 0.465 e. The van der Waals surface area contributed by atoms with E-state index in [2.05, 4.69) is 27.1 Å². The van der Waals surface area contributed by atoms with E-state index in [9.17, 15) is 14.7 Å². The van der Waals surface area contributed by atoms with Gasteiger partial charge in [0, 0.05) is 24.9 Å². The number of para-hydroxylation sites is 1. The number of fused-ring (bicyclic) bond motifs is 3. The fourth-order valence-electron chi connectivity index (χ4n) is 4.25. The highest BCUT2D eigenvalue weighted by atomic mass is 16.4. The highest BCUT2D eigenvalue weighted by Gasteiger charge is 2.59. The number of carbonyl (C=O) groups excluding carboxylic acids is 1. The standard InChI is InChI=1S/C19H18N4O3/c1-12(24)6-7-16-19(9-8-13(10-20-16)23(19)18(25)26)17-14-4-2-3-5-15(14)21-11-22-17/h2-5,11,13,16,20H,8-10H2,1H3,(H,25,26). The van der Waals surface area contributed by atoms with Gasteiger partial charge in [0.15, 0.2) is 0 Å².